The van der Waals surface area contributed by atoms with Gasteiger partial charge in [-0.3, -0.25) is 9.89 Å². The summed E-state index contributed by atoms with van der Waals surface area (Å²) in [5.41, 5.74) is 4.35. The molecule has 1 amide bonds. The first-order valence-corrected chi connectivity index (χ1v) is 10.2. The Kier molecular flexibility index (Phi) is 5.41. The zero-order valence-electron chi connectivity index (χ0n) is 16.8. The average molecular weight is 414 g/mol. The molecule has 2 aromatic heterocycles. The maximum absolute atomic E-state index is 12.9. The van der Waals surface area contributed by atoms with Crippen LogP contribution in [0.1, 0.15) is 42.5 Å². The van der Waals surface area contributed by atoms with Crippen molar-refractivity contribution < 1.29 is 9.53 Å². The highest BCUT2D eigenvalue weighted by Gasteiger charge is 2.29. The predicted octanol–water partition coefficient (Wildman–Crippen LogP) is 3.80. The second-order valence-corrected chi connectivity index (χ2v) is 7.97. The molecular formula is C21H24ClN5O2. The Bertz CT molecular complexity index is 1020. The third-order valence-electron chi connectivity index (χ3n) is 5.50. The van der Waals surface area contributed by atoms with Crippen LogP contribution in [-0.2, 0) is 4.79 Å². The van der Waals surface area contributed by atoms with Crippen LogP contribution in [0.4, 0.5) is 0 Å². The number of benzene rings is 1. The van der Waals surface area contributed by atoms with E-state index in [-0.39, 0.29) is 5.91 Å². The number of piperidine rings is 1. The molecule has 29 heavy (non-hydrogen) atoms. The van der Waals surface area contributed by atoms with Crippen LogP contribution in [0.15, 0.2) is 24.5 Å². The van der Waals surface area contributed by atoms with Crippen LogP contribution in [0.25, 0.3) is 11.2 Å². The second kappa shape index (κ2) is 7.99. The van der Waals surface area contributed by atoms with Crippen molar-refractivity contribution in [2.24, 2.45) is 0 Å². The van der Waals surface area contributed by atoms with Crippen LogP contribution in [0.5, 0.6) is 5.75 Å². The molecule has 3 heterocycles. The number of halogens is 1. The van der Waals surface area contributed by atoms with E-state index >= 15 is 0 Å². The molecule has 0 saturated carbocycles. The van der Waals surface area contributed by atoms with Crippen LogP contribution < -0.4 is 4.74 Å². The molecule has 1 aliphatic heterocycles. The molecule has 1 aliphatic rings. The molecule has 1 unspecified atom stereocenters. The fourth-order valence-electron chi connectivity index (χ4n) is 3.93. The number of hydrogen-bond acceptors (Lipinski definition) is 5. The van der Waals surface area contributed by atoms with Gasteiger partial charge >= 0.3 is 0 Å². The molecule has 1 aromatic carbocycles. The molecule has 0 spiro atoms. The quantitative estimate of drug-likeness (QED) is 0.703. The largest absolute Gasteiger partial charge is 0.481 e. The van der Waals surface area contributed by atoms with Crippen molar-refractivity contribution >= 4 is 28.7 Å². The molecule has 1 atom stereocenters. The van der Waals surface area contributed by atoms with Gasteiger partial charge in [-0.1, -0.05) is 11.6 Å². The number of carbonyl (C=O) groups is 1. The summed E-state index contributed by atoms with van der Waals surface area (Å²) < 4.78 is 5.92. The van der Waals surface area contributed by atoms with Gasteiger partial charge in [0.25, 0.3) is 5.91 Å². The Balaban J connectivity index is 1.38. The number of fused-ring (bicyclic) bond motifs is 1. The van der Waals surface area contributed by atoms with Gasteiger partial charge < -0.3 is 9.64 Å². The molecular weight excluding hydrogens is 390 g/mol. The third kappa shape index (κ3) is 3.92. The summed E-state index contributed by atoms with van der Waals surface area (Å²) in [5.74, 6) is 0.962. The fourth-order valence-corrected chi connectivity index (χ4v) is 4.04. The topological polar surface area (TPSA) is 84.0 Å². The van der Waals surface area contributed by atoms with Crippen molar-refractivity contribution in [3.05, 3.63) is 46.4 Å². The van der Waals surface area contributed by atoms with Gasteiger partial charge in [-0.2, -0.15) is 5.10 Å². The van der Waals surface area contributed by atoms with E-state index < -0.39 is 6.10 Å². The minimum Gasteiger partial charge on any atom is -0.481 e. The monoisotopic (exact) mass is 413 g/mol. The van der Waals surface area contributed by atoms with Crippen molar-refractivity contribution in [3.8, 4) is 5.75 Å². The van der Waals surface area contributed by atoms with E-state index in [1.807, 2.05) is 30.9 Å². The van der Waals surface area contributed by atoms with Gasteiger partial charge in [0.05, 0.1) is 5.69 Å². The number of amides is 1. The number of carbonyl (C=O) groups excluding carboxylic acids is 1. The summed E-state index contributed by atoms with van der Waals surface area (Å²) in [6.45, 7) is 7.02. The van der Waals surface area contributed by atoms with E-state index in [1.165, 1.54) is 0 Å². The highest BCUT2D eigenvalue weighted by molar-refractivity contribution is 6.32. The van der Waals surface area contributed by atoms with Crippen LogP contribution in [0.3, 0.4) is 0 Å². The highest BCUT2D eigenvalue weighted by Crippen LogP contribution is 2.31. The summed E-state index contributed by atoms with van der Waals surface area (Å²) in [4.78, 5) is 23.4. The molecule has 7 nitrogen and oxygen atoms in total. The van der Waals surface area contributed by atoms with Gasteiger partial charge in [-0.15, -0.1) is 0 Å². The smallest absolute Gasteiger partial charge is 0.263 e. The summed E-state index contributed by atoms with van der Waals surface area (Å²) in [6, 6.07) is 3.74. The number of aromatic amines is 1. The minimum absolute atomic E-state index is 0.00275. The Morgan fingerprint density at radius 1 is 1.21 bits per heavy atom. The van der Waals surface area contributed by atoms with Gasteiger partial charge in [-0.25, -0.2) is 9.97 Å². The molecule has 0 aliphatic carbocycles. The summed E-state index contributed by atoms with van der Waals surface area (Å²) in [5, 5.41) is 8.05. The number of aryl methyl sites for hydroxylation is 2. The molecule has 1 saturated heterocycles. The molecule has 1 fully saturated rings. The number of hydrogen-bond donors (Lipinski definition) is 1. The number of likely N-dealkylation sites (tertiary alicyclic amines) is 1. The number of nitrogens with one attached hydrogen (secondary N) is 1. The first-order valence-electron chi connectivity index (χ1n) is 9.81. The zero-order valence-corrected chi connectivity index (χ0v) is 17.5. The number of ether oxygens (including phenoxy) is 1. The first kappa shape index (κ1) is 19.6. The van der Waals surface area contributed by atoms with Crippen LogP contribution in [0.2, 0.25) is 5.02 Å². The fraction of sp³-hybridized carbons (Fsp3) is 0.429. The van der Waals surface area contributed by atoms with E-state index in [4.69, 9.17) is 16.3 Å². The Hall–Kier alpha value is -2.67. The summed E-state index contributed by atoms with van der Waals surface area (Å²) in [6.07, 6.45) is 4.47. The number of nitrogens with zero attached hydrogens (tertiary/aromatic N) is 4. The van der Waals surface area contributed by atoms with Crippen molar-refractivity contribution in [2.75, 3.05) is 13.1 Å². The lowest BCUT2D eigenvalue weighted by Gasteiger charge is -2.33. The van der Waals surface area contributed by atoms with Gasteiger partial charge in [0.1, 0.15) is 11.3 Å². The molecule has 0 bridgehead atoms. The van der Waals surface area contributed by atoms with Gasteiger partial charge in [0.15, 0.2) is 11.8 Å². The lowest BCUT2D eigenvalue weighted by atomic mass is 9.93. The predicted molar refractivity (Wildman–Crippen MR) is 111 cm³/mol. The van der Waals surface area contributed by atoms with Crippen molar-refractivity contribution in [1.29, 1.82) is 0 Å². The Labute approximate surface area is 174 Å². The second-order valence-electron chi connectivity index (χ2n) is 7.60. The highest BCUT2D eigenvalue weighted by atomic mass is 35.5. The molecule has 8 heteroatoms. The zero-order chi connectivity index (χ0) is 20.5. The van der Waals surface area contributed by atoms with Crippen molar-refractivity contribution in [2.45, 2.75) is 45.6 Å². The van der Waals surface area contributed by atoms with Crippen LogP contribution >= 0.6 is 11.6 Å². The molecule has 152 valence electrons. The van der Waals surface area contributed by atoms with Crippen molar-refractivity contribution in [1.82, 2.24) is 25.1 Å². The number of rotatable bonds is 4. The van der Waals surface area contributed by atoms with Gasteiger partial charge in [0, 0.05) is 36.4 Å². The lowest BCUT2D eigenvalue weighted by Crippen LogP contribution is -2.44. The molecule has 3 aromatic rings. The van der Waals surface area contributed by atoms with E-state index in [2.05, 4.69) is 20.2 Å². The standard InChI is InChI=1S/C21H24ClN5O2/c1-12-10-16(11-13(2)17(12)22)29-14(3)21(28)27-8-4-15(5-9-27)18-19-20(26-25-18)24-7-6-23-19/h6-7,10-11,14-15H,4-5,8-9H2,1-3H3,(H,24,25,26). The average Bonchev–Trinajstić information content (AvgIpc) is 3.15. The van der Waals surface area contributed by atoms with Crippen LogP contribution in [0, 0.1) is 13.8 Å². The SMILES string of the molecule is Cc1cc(OC(C)C(=O)N2CCC(c3[nH]nc4nccnc34)CC2)cc(C)c1Cl. The van der Waals surface area contributed by atoms with E-state index in [1.54, 1.807) is 19.3 Å². The molecule has 1 N–H and O–H groups in total. The van der Waals surface area contributed by atoms with E-state index in [0.29, 0.717) is 30.4 Å². The van der Waals surface area contributed by atoms with Crippen molar-refractivity contribution in [3.63, 3.8) is 0 Å². The molecule has 0 radical (unpaired) electrons. The first-order chi connectivity index (χ1) is 13.9. The third-order valence-corrected chi connectivity index (χ3v) is 6.10. The van der Waals surface area contributed by atoms with Gasteiger partial charge in [-0.05, 0) is 56.9 Å². The Morgan fingerprint density at radius 3 is 2.55 bits per heavy atom. The summed E-state index contributed by atoms with van der Waals surface area (Å²) in [7, 11) is 0. The lowest BCUT2D eigenvalue weighted by molar-refractivity contribution is -0.139. The van der Waals surface area contributed by atoms with E-state index in [9.17, 15) is 4.79 Å². The van der Waals surface area contributed by atoms with Gasteiger partial charge in [0.2, 0.25) is 0 Å². The maximum atomic E-state index is 12.9. The van der Waals surface area contributed by atoms with Crippen LogP contribution in [-0.4, -0.2) is 50.2 Å². The van der Waals surface area contributed by atoms with E-state index in [0.717, 1.165) is 40.2 Å². The minimum atomic E-state index is -0.551. The molecule has 4 rings (SSSR count). The Morgan fingerprint density at radius 2 is 1.86 bits per heavy atom. The normalized spacial score (nSPS) is 16.2. The maximum Gasteiger partial charge on any atom is 0.263 e. The summed E-state index contributed by atoms with van der Waals surface area (Å²) >= 11 is 6.22. The number of aromatic nitrogens is 4. The number of H-pyrrole nitrogens is 1.